The highest BCUT2D eigenvalue weighted by Gasteiger charge is 2.21. The van der Waals surface area contributed by atoms with Crippen LogP contribution in [0.25, 0.3) is 0 Å². The van der Waals surface area contributed by atoms with Gasteiger partial charge in [0.1, 0.15) is 0 Å². The monoisotopic (exact) mass is 277 g/mol. The maximum Gasteiger partial charge on any atom is 0.0722 e. The summed E-state index contributed by atoms with van der Waals surface area (Å²) in [6, 6.07) is 4.66. The number of hydrogen-bond donors (Lipinski definition) is 1. The van der Waals surface area contributed by atoms with Crippen molar-refractivity contribution in [2.45, 2.75) is 45.7 Å². The number of nitrogens with zero attached hydrogens (tertiary/aromatic N) is 2. The predicted molar refractivity (Wildman–Crippen MR) is 81.5 cm³/mol. The maximum atomic E-state index is 4.60. The van der Waals surface area contributed by atoms with Crippen LogP contribution in [0.3, 0.4) is 0 Å². The van der Waals surface area contributed by atoms with Gasteiger partial charge in [-0.25, -0.2) is 0 Å². The van der Waals surface area contributed by atoms with Crippen molar-refractivity contribution < 1.29 is 0 Å². The Labute approximate surface area is 119 Å². The van der Waals surface area contributed by atoms with Gasteiger partial charge in [0.15, 0.2) is 0 Å². The summed E-state index contributed by atoms with van der Waals surface area (Å²) in [5, 5.41) is 10.3. The molecule has 3 nitrogen and oxygen atoms in total. The Kier molecular flexibility index (Phi) is 4.11. The van der Waals surface area contributed by atoms with E-state index < -0.39 is 0 Å². The molecule has 0 aromatic carbocycles. The largest absolute Gasteiger partial charge is 0.305 e. The molecule has 0 spiro atoms. The lowest BCUT2D eigenvalue weighted by molar-refractivity contribution is 0.533. The van der Waals surface area contributed by atoms with E-state index in [1.54, 1.807) is 11.3 Å². The smallest absolute Gasteiger partial charge is 0.0722 e. The molecule has 0 aliphatic heterocycles. The van der Waals surface area contributed by atoms with Crippen molar-refractivity contribution in [2.75, 3.05) is 0 Å². The van der Waals surface area contributed by atoms with Gasteiger partial charge in [-0.3, -0.25) is 4.68 Å². The molecule has 0 saturated carbocycles. The first-order chi connectivity index (χ1) is 8.88. The van der Waals surface area contributed by atoms with Gasteiger partial charge in [-0.2, -0.15) is 5.10 Å². The molecule has 0 unspecified atom stereocenters. The van der Waals surface area contributed by atoms with Crippen LogP contribution in [0.1, 0.15) is 49.9 Å². The Bertz CT molecular complexity index is 520. The maximum absolute atomic E-state index is 4.60. The van der Waals surface area contributed by atoms with Gasteiger partial charge >= 0.3 is 0 Å². The third-order valence-corrected chi connectivity index (χ3v) is 4.24. The lowest BCUT2D eigenvalue weighted by atomic mass is 9.89. The molecule has 4 heteroatoms. The number of rotatable bonds is 4. The molecule has 2 aromatic heterocycles. The number of thiophene rings is 1. The van der Waals surface area contributed by atoms with E-state index in [-0.39, 0.29) is 5.41 Å². The first-order valence-corrected chi connectivity index (χ1v) is 7.55. The van der Waals surface area contributed by atoms with Crippen molar-refractivity contribution in [3.8, 4) is 0 Å². The quantitative estimate of drug-likeness (QED) is 0.925. The fourth-order valence-corrected chi connectivity index (χ4v) is 2.96. The van der Waals surface area contributed by atoms with Gasteiger partial charge in [0.05, 0.1) is 5.69 Å². The number of aromatic nitrogens is 2. The van der Waals surface area contributed by atoms with Crippen molar-refractivity contribution in [3.63, 3.8) is 0 Å². The second kappa shape index (κ2) is 5.47. The van der Waals surface area contributed by atoms with E-state index in [2.05, 4.69) is 61.8 Å². The summed E-state index contributed by atoms with van der Waals surface area (Å²) >= 11 is 1.80. The third-order valence-electron chi connectivity index (χ3n) is 3.18. The highest BCUT2D eigenvalue weighted by atomic mass is 32.1. The summed E-state index contributed by atoms with van der Waals surface area (Å²) in [5.74, 6) is 0. The van der Waals surface area contributed by atoms with Crippen molar-refractivity contribution in [2.24, 2.45) is 7.05 Å². The van der Waals surface area contributed by atoms with Gasteiger partial charge in [0.25, 0.3) is 0 Å². The summed E-state index contributed by atoms with van der Waals surface area (Å²) in [6.45, 7) is 9.70. The molecule has 0 aliphatic rings. The Balaban J connectivity index is 2.08. The molecule has 19 heavy (non-hydrogen) atoms. The number of aryl methyl sites for hydroxylation is 1. The second-order valence-electron chi connectivity index (χ2n) is 6.04. The third kappa shape index (κ3) is 3.45. The molecule has 0 amide bonds. The van der Waals surface area contributed by atoms with Crippen molar-refractivity contribution in [1.82, 2.24) is 15.1 Å². The Morgan fingerprint density at radius 3 is 2.74 bits per heavy atom. The Morgan fingerprint density at radius 1 is 1.42 bits per heavy atom. The molecule has 0 radical (unpaired) electrons. The second-order valence-corrected chi connectivity index (χ2v) is 7.02. The predicted octanol–water partition coefficient (Wildman–Crippen LogP) is 3.63. The van der Waals surface area contributed by atoms with Crippen molar-refractivity contribution >= 4 is 11.3 Å². The zero-order valence-corrected chi connectivity index (χ0v) is 13.2. The fraction of sp³-hybridized carbons (Fsp3) is 0.533. The summed E-state index contributed by atoms with van der Waals surface area (Å²) in [4.78, 5) is 1.38. The molecule has 2 rings (SSSR count). The van der Waals surface area contributed by atoms with Crippen LogP contribution in [0.2, 0.25) is 0 Å². The minimum Gasteiger partial charge on any atom is -0.305 e. The fourth-order valence-electron chi connectivity index (χ4n) is 2.20. The van der Waals surface area contributed by atoms with Gasteiger partial charge in [-0.05, 0) is 18.4 Å². The molecular weight excluding hydrogens is 254 g/mol. The van der Waals surface area contributed by atoms with Gasteiger partial charge in [0, 0.05) is 41.7 Å². The molecule has 0 bridgehead atoms. The van der Waals surface area contributed by atoms with Crippen molar-refractivity contribution in [1.29, 1.82) is 0 Å². The summed E-state index contributed by atoms with van der Waals surface area (Å²) in [6.07, 6.45) is 2.12. The molecular formula is C15H23N3S. The average Bonchev–Trinajstić information content (AvgIpc) is 2.93. The highest BCUT2D eigenvalue weighted by Crippen LogP contribution is 2.25. The molecule has 1 N–H and O–H groups in total. The lowest BCUT2D eigenvalue weighted by Gasteiger charge is -2.19. The minimum absolute atomic E-state index is 0.0877. The topological polar surface area (TPSA) is 29.9 Å². The van der Waals surface area contributed by atoms with E-state index in [9.17, 15) is 0 Å². The van der Waals surface area contributed by atoms with Crippen LogP contribution in [-0.4, -0.2) is 9.78 Å². The van der Waals surface area contributed by atoms with Crippen LogP contribution in [0.5, 0.6) is 0 Å². The first-order valence-electron chi connectivity index (χ1n) is 6.67. The highest BCUT2D eigenvalue weighted by molar-refractivity contribution is 7.10. The van der Waals surface area contributed by atoms with Crippen LogP contribution in [-0.2, 0) is 19.0 Å². The van der Waals surface area contributed by atoms with Crippen LogP contribution in [0.4, 0.5) is 0 Å². The Morgan fingerprint density at radius 2 is 2.16 bits per heavy atom. The van der Waals surface area contributed by atoms with E-state index in [1.807, 2.05) is 11.7 Å². The van der Waals surface area contributed by atoms with Crippen LogP contribution >= 0.6 is 11.3 Å². The van der Waals surface area contributed by atoms with E-state index in [0.717, 1.165) is 6.54 Å². The van der Waals surface area contributed by atoms with Crippen LogP contribution in [0, 0.1) is 0 Å². The van der Waals surface area contributed by atoms with Gasteiger partial charge < -0.3 is 5.32 Å². The van der Waals surface area contributed by atoms with Crippen molar-refractivity contribution in [3.05, 3.63) is 39.8 Å². The summed E-state index contributed by atoms with van der Waals surface area (Å²) in [7, 11) is 1.99. The van der Waals surface area contributed by atoms with E-state index in [0.29, 0.717) is 6.04 Å². The van der Waals surface area contributed by atoms with E-state index in [4.69, 9.17) is 0 Å². The molecule has 104 valence electrons. The lowest BCUT2D eigenvalue weighted by Crippen LogP contribution is -2.21. The number of nitrogens with one attached hydrogen (secondary N) is 1. The SMILES string of the molecule is C[C@H](NCc1cn(C)nc1C(C)(C)C)c1cccs1. The zero-order chi connectivity index (χ0) is 14.0. The molecule has 0 aliphatic carbocycles. The molecule has 2 heterocycles. The zero-order valence-electron chi connectivity index (χ0n) is 12.4. The van der Waals surface area contributed by atoms with Crippen LogP contribution in [0.15, 0.2) is 23.7 Å². The standard InChI is InChI=1S/C15H23N3S/c1-11(13-7-6-8-19-13)16-9-12-10-18(5)17-14(12)15(2,3)4/h6-8,10-11,16H,9H2,1-5H3/t11-/m0/s1. The minimum atomic E-state index is 0.0877. The summed E-state index contributed by atoms with van der Waals surface area (Å²) in [5.41, 5.74) is 2.56. The molecule has 1 atom stereocenters. The van der Waals surface area contributed by atoms with E-state index in [1.165, 1.54) is 16.1 Å². The average molecular weight is 277 g/mol. The normalized spacial score (nSPS) is 13.7. The summed E-state index contributed by atoms with van der Waals surface area (Å²) < 4.78 is 1.91. The van der Waals surface area contributed by atoms with Gasteiger partial charge in [0.2, 0.25) is 0 Å². The Hall–Kier alpha value is -1.13. The number of hydrogen-bond acceptors (Lipinski definition) is 3. The van der Waals surface area contributed by atoms with Crippen LogP contribution < -0.4 is 5.32 Å². The van der Waals surface area contributed by atoms with Gasteiger partial charge in [-0.1, -0.05) is 26.8 Å². The van der Waals surface area contributed by atoms with Gasteiger partial charge in [-0.15, -0.1) is 11.3 Å². The molecule has 2 aromatic rings. The van der Waals surface area contributed by atoms with E-state index >= 15 is 0 Å². The molecule has 0 fully saturated rings. The molecule has 0 saturated heterocycles. The first kappa shape index (κ1) is 14.3.